The molecule has 2 aliphatic heterocycles. The Balaban J connectivity index is 1.49. The number of carbonyl (C=O) groups excluding carboxylic acids is 2. The number of amides is 2. The zero-order valence-corrected chi connectivity index (χ0v) is 14.6. The number of benzene rings is 1. The number of likely N-dealkylation sites (tertiary alicyclic amines) is 1. The summed E-state index contributed by atoms with van der Waals surface area (Å²) in [5.74, 6) is -0.830. The van der Waals surface area contributed by atoms with Gasteiger partial charge in [-0.15, -0.1) is 0 Å². The molecule has 1 aromatic rings. The molecule has 0 bridgehead atoms. The predicted octanol–water partition coefficient (Wildman–Crippen LogP) is 2.29. The highest BCUT2D eigenvalue weighted by molar-refractivity contribution is 6.30. The number of carbonyl (C=O) groups is 2. The Morgan fingerprint density at radius 2 is 1.83 bits per heavy atom. The van der Waals surface area contributed by atoms with Crippen LogP contribution in [0.4, 0.5) is 5.69 Å². The smallest absolute Gasteiger partial charge is 0.239 e. The van der Waals surface area contributed by atoms with Crippen molar-refractivity contribution in [2.45, 2.75) is 25.7 Å². The number of nitrogens with one attached hydrogen (secondary N) is 1. The van der Waals surface area contributed by atoms with Gasteiger partial charge in [0.05, 0.1) is 0 Å². The summed E-state index contributed by atoms with van der Waals surface area (Å²) < 4.78 is 0. The molecule has 3 rings (SSSR count). The van der Waals surface area contributed by atoms with Gasteiger partial charge in [0.2, 0.25) is 11.8 Å². The van der Waals surface area contributed by atoms with Crippen molar-refractivity contribution in [3.8, 4) is 0 Å². The van der Waals surface area contributed by atoms with Crippen molar-refractivity contribution in [2.24, 2.45) is 5.92 Å². The molecular formula is C18H24ClN3O2. The van der Waals surface area contributed by atoms with E-state index < -0.39 is 5.92 Å². The van der Waals surface area contributed by atoms with Crippen molar-refractivity contribution in [1.29, 1.82) is 0 Å². The molecule has 0 saturated carbocycles. The molecule has 0 aromatic heterocycles. The van der Waals surface area contributed by atoms with Crippen LogP contribution < -0.4 is 10.2 Å². The quantitative estimate of drug-likeness (QED) is 0.830. The molecule has 0 spiro atoms. The lowest BCUT2D eigenvalue weighted by molar-refractivity contribution is -0.132. The Morgan fingerprint density at radius 3 is 2.54 bits per heavy atom. The Labute approximate surface area is 147 Å². The summed E-state index contributed by atoms with van der Waals surface area (Å²) in [6.07, 6.45) is 4.35. The van der Waals surface area contributed by atoms with E-state index in [2.05, 4.69) is 10.2 Å². The topological polar surface area (TPSA) is 52.7 Å². The van der Waals surface area contributed by atoms with Gasteiger partial charge in [-0.2, -0.15) is 0 Å². The molecule has 1 unspecified atom stereocenters. The van der Waals surface area contributed by atoms with E-state index in [0.717, 1.165) is 25.3 Å². The molecule has 1 aromatic carbocycles. The van der Waals surface area contributed by atoms with Crippen LogP contribution in [0.25, 0.3) is 0 Å². The second-order valence-electron chi connectivity index (χ2n) is 6.50. The fourth-order valence-corrected chi connectivity index (χ4v) is 3.57. The molecule has 1 atom stereocenters. The molecule has 5 nitrogen and oxygen atoms in total. The van der Waals surface area contributed by atoms with E-state index in [4.69, 9.17) is 11.6 Å². The van der Waals surface area contributed by atoms with Gasteiger partial charge >= 0.3 is 0 Å². The van der Waals surface area contributed by atoms with E-state index in [-0.39, 0.29) is 11.8 Å². The summed E-state index contributed by atoms with van der Waals surface area (Å²) in [4.78, 5) is 28.9. The van der Waals surface area contributed by atoms with Crippen molar-refractivity contribution in [2.75, 3.05) is 37.6 Å². The van der Waals surface area contributed by atoms with Crippen LogP contribution in [0.3, 0.4) is 0 Å². The molecular weight excluding hydrogens is 326 g/mol. The van der Waals surface area contributed by atoms with Crippen LogP contribution >= 0.6 is 11.6 Å². The third-order valence-corrected chi connectivity index (χ3v) is 5.09. The monoisotopic (exact) mass is 349 g/mol. The summed E-state index contributed by atoms with van der Waals surface area (Å²) in [7, 11) is 0. The van der Waals surface area contributed by atoms with Gasteiger partial charge in [-0.3, -0.25) is 9.59 Å². The number of piperidine rings is 1. The molecule has 2 saturated heterocycles. The van der Waals surface area contributed by atoms with Crippen molar-refractivity contribution in [3.63, 3.8) is 0 Å². The highest BCUT2D eigenvalue weighted by Crippen LogP contribution is 2.26. The number of nitrogens with zero attached hydrogens (tertiary/aromatic N) is 2. The number of hydrogen-bond acceptors (Lipinski definition) is 3. The SMILES string of the molecule is O=C(NCCN1CCCCC1)C1CCN(c2ccc(Cl)cc2)C1=O. The number of anilines is 1. The summed E-state index contributed by atoms with van der Waals surface area (Å²) in [6.45, 7) is 4.28. The Morgan fingerprint density at radius 1 is 1.12 bits per heavy atom. The zero-order valence-electron chi connectivity index (χ0n) is 13.8. The lowest BCUT2D eigenvalue weighted by Crippen LogP contribution is -2.41. The molecule has 0 aliphatic carbocycles. The third-order valence-electron chi connectivity index (χ3n) is 4.84. The van der Waals surface area contributed by atoms with E-state index >= 15 is 0 Å². The molecule has 2 fully saturated rings. The van der Waals surface area contributed by atoms with E-state index in [0.29, 0.717) is 24.5 Å². The van der Waals surface area contributed by atoms with Gasteiger partial charge in [0, 0.05) is 30.3 Å². The van der Waals surface area contributed by atoms with Crippen LogP contribution in [0, 0.1) is 5.92 Å². The second-order valence-corrected chi connectivity index (χ2v) is 6.94. The van der Waals surface area contributed by atoms with Crippen molar-refractivity contribution in [3.05, 3.63) is 29.3 Å². The highest BCUT2D eigenvalue weighted by atomic mass is 35.5. The Kier molecular flexibility index (Phi) is 5.74. The number of hydrogen-bond donors (Lipinski definition) is 1. The van der Waals surface area contributed by atoms with Crippen LogP contribution in [0.15, 0.2) is 24.3 Å². The molecule has 6 heteroatoms. The first-order valence-corrected chi connectivity index (χ1v) is 9.10. The van der Waals surface area contributed by atoms with E-state index in [1.54, 1.807) is 17.0 Å². The van der Waals surface area contributed by atoms with Crippen LogP contribution in [0.2, 0.25) is 5.02 Å². The highest BCUT2D eigenvalue weighted by Gasteiger charge is 2.37. The fourth-order valence-electron chi connectivity index (χ4n) is 3.44. The molecule has 24 heavy (non-hydrogen) atoms. The predicted molar refractivity (Wildman–Crippen MR) is 95.2 cm³/mol. The first-order valence-electron chi connectivity index (χ1n) is 8.72. The van der Waals surface area contributed by atoms with Gasteiger partial charge in [0.25, 0.3) is 0 Å². The molecule has 2 aliphatic rings. The Bertz CT molecular complexity index is 584. The second kappa shape index (κ2) is 7.99. The number of halogens is 1. The lowest BCUT2D eigenvalue weighted by Gasteiger charge is -2.26. The minimum atomic E-state index is -0.568. The molecule has 0 radical (unpaired) electrons. The maximum absolute atomic E-state index is 12.5. The average molecular weight is 350 g/mol. The standard InChI is InChI=1S/C18H24ClN3O2/c19-14-4-6-15(7-5-14)22-12-8-16(18(22)24)17(23)20-9-13-21-10-2-1-3-11-21/h4-7,16H,1-3,8-13H2,(H,20,23). The summed E-state index contributed by atoms with van der Waals surface area (Å²) in [5.41, 5.74) is 0.799. The van der Waals surface area contributed by atoms with Gasteiger partial charge in [-0.25, -0.2) is 0 Å². The minimum absolute atomic E-state index is 0.118. The first kappa shape index (κ1) is 17.2. The van der Waals surface area contributed by atoms with Gasteiger partial charge in [0.15, 0.2) is 0 Å². The molecule has 130 valence electrons. The maximum atomic E-state index is 12.5. The minimum Gasteiger partial charge on any atom is -0.354 e. The molecule has 1 N–H and O–H groups in total. The van der Waals surface area contributed by atoms with Crippen LogP contribution in [-0.2, 0) is 9.59 Å². The van der Waals surface area contributed by atoms with Crippen LogP contribution in [0.1, 0.15) is 25.7 Å². The van der Waals surface area contributed by atoms with Gasteiger partial charge < -0.3 is 15.1 Å². The summed E-state index contributed by atoms with van der Waals surface area (Å²) in [6, 6.07) is 7.15. The average Bonchev–Trinajstić information content (AvgIpc) is 2.98. The van der Waals surface area contributed by atoms with Crippen molar-refractivity contribution in [1.82, 2.24) is 10.2 Å². The van der Waals surface area contributed by atoms with E-state index in [1.807, 2.05) is 12.1 Å². The normalized spacial score (nSPS) is 22.0. The van der Waals surface area contributed by atoms with Crippen LogP contribution in [0.5, 0.6) is 0 Å². The maximum Gasteiger partial charge on any atom is 0.239 e. The van der Waals surface area contributed by atoms with E-state index in [9.17, 15) is 9.59 Å². The van der Waals surface area contributed by atoms with E-state index in [1.165, 1.54) is 19.3 Å². The van der Waals surface area contributed by atoms with Crippen molar-refractivity contribution >= 4 is 29.1 Å². The van der Waals surface area contributed by atoms with Crippen molar-refractivity contribution < 1.29 is 9.59 Å². The molecule has 2 amide bonds. The fraction of sp³-hybridized carbons (Fsp3) is 0.556. The largest absolute Gasteiger partial charge is 0.354 e. The van der Waals surface area contributed by atoms with Gasteiger partial charge in [-0.1, -0.05) is 18.0 Å². The first-order chi connectivity index (χ1) is 11.6. The molecule has 2 heterocycles. The number of rotatable bonds is 5. The van der Waals surface area contributed by atoms with Gasteiger partial charge in [-0.05, 0) is 56.6 Å². The lowest BCUT2D eigenvalue weighted by atomic mass is 10.1. The third kappa shape index (κ3) is 4.08. The zero-order chi connectivity index (χ0) is 16.9. The summed E-state index contributed by atoms with van der Waals surface area (Å²) in [5, 5.41) is 3.57. The van der Waals surface area contributed by atoms with Crippen LogP contribution in [-0.4, -0.2) is 49.4 Å². The Hall–Kier alpha value is -1.59. The summed E-state index contributed by atoms with van der Waals surface area (Å²) >= 11 is 5.88. The van der Waals surface area contributed by atoms with Gasteiger partial charge in [0.1, 0.15) is 5.92 Å².